The van der Waals surface area contributed by atoms with Crippen LogP contribution in [0.1, 0.15) is 28.8 Å². The normalized spacial score (nSPS) is 10.5. The van der Waals surface area contributed by atoms with Crippen molar-refractivity contribution in [2.45, 2.75) is 12.8 Å². The Balaban J connectivity index is 1.69. The smallest absolute Gasteiger partial charge is 0.263 e. The molecule has 0 radical (unpaired) electrons. The summed E-state index contributed by atoms with van der Waals surface area (Å²) in [7, 11) is 0. The first-order valence-electron chi connectivity index (χ1n) is 8.48. The van der Waals surface area contributed by atoms with Crippen LogP contribution in [0.4, 0.5) is 13.2 Å². The fourth-order valence-corrected chi connectivity index (χ4v) is 2.31. The molecule has 0 saturated heterocycles. The number of amides is 2. The van der Waals surface area contributed by atoms with Gasteiger partial charge in [-0.25, -0.2) is 13.2 Å². The highest BCUT2D eigenvalue weighted by molar-refractivity contribution is 6.30. The lowest BCUT2D eigenvalue weighted by Gasteiger charge is -2.11. The van der Waals surface area contributed by atoms with E-state index in [1.807, 2.05) is 0 Å². The van der Waals surface area contributed by atoms with Gasteiger partial charge in [0, 0.05) is 35.9 Å². The molecule has 5 nitrogen and oxygen atoms in total. The molecular weight excluding hydrogens is 409 g/mol. The third-order valence-corrected chi connectivity index (χ3v) is 4.03. The van der Waals surface area contributed by atoms with Gasteiger partial charge in [-0.05, 0) is 24.3 Å². The van der Waals surface area contributed by atoms with Crippen molar-refractivity contribution in [1.29, 1.82) is 0 Å². The van der Waals surface area contributed by atoms with Crippen molar-refractivity contribution >= 4 is 23.4 Å². The van der Waals surface area contributed by atoms with Crippen LogP contribution in [0.25, 0.3) is 0 Å². The Kier molecular flexibility index (Phi) is 8.09. The average molecular weight is 427 g/mol. The first-order valence-corrected chi connectivity index (χ1v) is 8.86. The number of hydrogen-bond acceptors (Lipinski definition) is 3. The quantitative estimate of drug-likeness (QED) is 0.630. The molecular formula is C20H18ClF3N2O3. The molecule has 29 heavy (non-hydrogen) atoms. The molecule has 0 atom stereocenters. The molecule has 9 heteroatoms. The standard InChI is InChI=1S/C20H18ClF3N2O3/c1-12(26-20(28)14-4-2-13(3-5-14)19(23)24)8-9-25-18(27)11-29-15-6-7-16(21)17(22)10-15/h2-7,10,19H,1,8-9,11H2,(H,25,27)(H,26,28). The van der Waals surface area contributed by atoms with Crippen LogP contribution in [-0.2, 0) is 4.79 Å². The van der Waals surface area contributed by atoms with Gasteiger partial charge in [-0.1, -0.05) is 30.3 Å². The van der Waals surface area contributed by atoms with Crippen LogP contribution in [-0.4, -0.2) is 25.0 Å². The summed E-state index contributed by atoms with van der Waals surface area (Å²) in [5.74, 6) is -1.42. The maximum atomic E-state index is 13.3. The maximum absolute atomic E-state index is 13.3. The SMILES string of the molecule is C=C(CCNC(=O)COc1ccc(Cl)c(F)c1)NC(=O)c1ccc(C(F)F)cc1. The number of halogens is 4. The monoisotopic (exact) mass is 426 g/mol. The molecule has 2 amide bonds. The molecule has 0 unspecified atom stereocenters. The molecule has 2 rings (SSSR count). The summed E-state index contributed by atoms with van der Waals surface area (Å²) < 4.78 is 43.5. The summed E-state index contributed by atoms with van der Waals surface area (Å²) in [4.78, 5) is 23.8. The predicted molar refractivity (Wildman–Crippen MR) is 103 cm³/mol. The van der Waals surface area contributed by atoms with Crippen LogP contribution in [0.5, 0.6) is 5.75 Å². The molecule has 0 aliphatic carbocycles. The van der Waals surface area contributed by atoms with E-state index in [0.29, 0.717) is 5.70 Å². The number of carbonyl (C=O) groups excluding carboxylic acids is 2. The Morgan fingerprint density at radius 2 is 1.83 bits per heavy atom. The number of ether oxygens (including phenoxy) is 1. The lowest BCUT2D eigenvalue weighted by molar-refractivity contribution is -0.123. The minimum absolute atomic E-state index is 0.0488. The molecule has 2 aromatic carbocycles. The van der Waals surface area contributed by atoms with E-state index < -0.39 is 24.1 Å². The first-order chi connectivity index (χ1) is 13.8. The van der Waals surface area contributed by atoms with Gasteiger partial charge in [0.1, 0.15) is 11.6 Å². The van der Waals surface area contributed by atoms with E-state index in [-0.39, 0.29) is 41.5 Å². The molecule has 0 fully saturated rings. The van der Waals surface area contributed by atoms with Crippen molar-refractivity contribution in [2.75, 3.05) is 13.2 Å². The van der Waals surface area contributed by atoms with Crippen LogP contribution in [0.2, 0.25) is 5.02 Å². The van der Waals surface area contributed by atoms with E-state index in [1.165, 1.54) is 36.4 Å². The summed E-state index contributed by atoms with van der Waals surface area (Å²) in [5, 5.41) is 5.05. The van der Waals surface area contributed by atoms with Crippen molar-refractivity contribution in [1.82, 2.24) is 10.6 Å². The zero-order valence-electron chi connectivity index (χ0n) is 15.2. The highest BCUT2D eigenvalue weighted by atomic mass is 35.5. The van der Waals surface area contributed by atoms with Gasteiger partial charge >= 0.3 is 0 Å². The van der Waals surface area contributed by atoms with Gasteiger partial charge in [-0.3, -0.25) is 9.59 Å². The average Bonchev–Trinajstić information content (AvgIpc) is 2.69. The van der Waals surface area contributed by atoms with Crippen molar-refractivity contribution in [3.8, 4) is 5.75 Å². The van der Waals surface area contributed by atoms with Gasteiger partial charge in [0.15, 0.2) is 6.61 Å². The number of hydrogen-bond donors (Lipinski definition) is 2. The zero-order valence-corrected chi connectivity index (χ0v) is 15.9. The van der Waals surface area contributed by atoms with Crippen molar-refractivity contribution in [2.24, 2.45) is 0 Å². The summed E-state index contributed by atoms with van der Waals surface area (Å²) in [6.45, 7) is 3.54. The van der Waals surface area contributed by atoms with Gasteiger partial charge in [-0.15, -0.1) is 0 Å². The lowest BCUT2D eigenvalue weighted by Crippen LogP contribution is -2.31. The summed E-state index contributed by atoms with van der Waals surface area (Å²) in [6, 6.07) is 8.76. The Morgan fingerprint density at radius 3 is 2.45 bits per heavy atom. The molecule has 0 aliphatic rings. The highest BCUT2D eigenvalue weighted by Gasteiger charge is 2.11. The fourth-order valence-electron chi connectivity index (χ4n) is 2.19. The van der Waals surface area contributed by atoms with E-state index in [4.69, 9.17) is 16.3 Å². The molecule has 0 aliphatic heterocycles. The van der Waals surface area contributed by atoms with E-state index in [2.05, 4.69) is 17.2 Å². The topological polar surface area (TPSA) is 67.4 Å². The Hall–Kier alpha value is -3.00. The summed E-state index contributed by atoms with van der Waals surface area (Å²) in [6.07, 6.45) is -2.35. The van der Waals surface area contributed by atoms with E-state index in [9.17, 15) is 22.8 Å². The second-order valence-corrected chi connectivity index (χ2v) is 6.35. The Morgan fingerprint density at radius 1 is 1.14 bits per heavy atom. The predicted octanol–water partition coefficient (Wildman–Crippen LogP) is 4.25. The Labute approximate surface area is 170 Å². The van der Waals surface area contributed by atoms with Gasteiger partial charge in [0.25, 0.3) is 18.2 Å². The summed E-state index contributed by atoms with van der Waals surface area (Å²) in [5.41, 5.74) is 0.378. The van der Waals surface area contributed by atoms with Crippen molar-refractivity contribution < 1.29 is 27.5 Å². The first kappa shape index (κ1) is 22.3. The fraction of sp³-hybridized carbons (Fsp3) is 0.200. The maximum Gasteiger partial charge on any atom is 0.263 e. The number of benzene rings is 2. The highest BCUT2D eigenvalue weighted by Crippen LogP contribution is 2.20. The molecule has 154 valence electrons. The summed E-state index contributed by atoms with van der Waals surface area (Å²) >= 11 is 5.56. The van der Waals surface area contributed by atoms with E-state index in [0.717, 1.165) is 6.07 Å². The minimum atomic E-state index is -2.60. The van der Waals surface area contributed by atoms with Gasteiger partial charge in [0.05, 0.1) is 5.02 Å². The zero-order chi connectivity index (χ0) is 21.4. The largest absolute Gasteiger partial charge is 0.484 e. The lowest BCUT2D eigenvalue weighted by atomic mass is 10.1. The Bertz CT molecular complexity index is 889. The van der Waals surface area contributed by atoms with Crippen LogP contribution >= 0.6 is 11.6 Å². The van der Waals surface area contributed by atoms with Gasteiger partial charge in [0.2, 0.25) is 0 Å². The molecule has 0 aromatic heterocycles. The minimum Gasteiger partial charge on any atom is -0.484 e. The third-order valence-electron chi connectivity index (χ3n) is 3.73. The molecule has 0 heterocycles. The van der Waals surface area contributed by atoms with Crippen LogP contribution in [0, 0.1) is 5.82 Å². The van der Waals surface area contributed by atoms with Crippen LogP contribution < -0.4 is 15.4 Å². The number of alkyl halides is 2. The van der Waals surface area contributed by atoms with Gasteiger partial charge in [-0.2, -0.15) is 0 Å². The number of rotatable bonds is 9. The second-order valence-electron chi connectivity index (χ2n) is 5.94. The third kappa shape index (κ3) is 7.15. The molecule has 2 N–H and O–H groups in total. The second kappa shape index (κ2) is 10.5. The van der Waals surface area contributed by atoms with Crippen LogP contribution in [0.3, 0.4) is 0 Å². The number of nitrogens with one attached hydrogen (secondary N) is 2. The van der Waals surface area contributed by atoms with Crippen molar-refractivity contribution in [3.05, 3.63) is 76.7 Å². The number of carbonyl (C=O) groups is 2. The van der Waals surface area contributed by atoms with E-state index in [1.54, 1.807) is 0 Å². The van der Waals surface area contributed by atoms with Gasteiger partial charge < -0.3 is 15.4 Å². The van der Waals surface area contributed by atoms with Crippen LogP contribution in [0.15, 0.2) is 54.7 Å². The molecule has 0 bridgehead atoms. The molecule has 2 aromatic rings. The van der Waals surface area contributed by atoms with E-state index >= 15 is 0 Å². The molecule has 0 saturated carbocycles. The van der Waals surface area contributed by atoms with Crippen molar-refractivity contribution in [3.63, 3.8) is 0 Å². The molecule has 0 spiro atoms.